The third kappa shape index (κ3) is 4.75. The average Bonchev–Trinajstić information content (AvgIpc) is 3.50. The van der Waals surface area contributed by atoms with Crippen LogP contribution >= 0.6 is 35.0 Å². The summed E-state index contributed by atoms with van der Waals surface area (Å²) in [7, 11) is 5.51. The Hall–Kier alpha value is -2.78. The van der Waals surface area contributed by atoms with Gasteiger partial charge in [0.1, 0.15) is 11.5 Å². The molecule has 1 unspecified atom stereocenters. The first-order valence-electron chi connectivity index (χ1n) is 12.1. The molecular weight excluding hydrogens is 546 g/mol. The highest BCUT2D eigenvalue weighted by Gasteiger charge is 2.36. The molecule has 0 fully saturated rings. The number of thioether (sulfide) groups is 1. The van der Waals surface area contributed by atoms with E-state index in [4.69, 9.17) is 32.9 Å². The zero-order valence-electron chi connectivity index (χ0n) is 21.5. The molecule has 5 rings (SSSR count). The third-order valence-electron chi connectivity index (χ3n) is 6.70. The smallest absolute Gasteiger partial charge is 0.275 e. The molecule has 0 saturated heterocycles. The molecule has 10 heteroatoms. The second-order valence-corrected chi connectivity index (χ2v) is 11.3. The van der Waals surface area contributed by atoms with Gasteiger partial charge in [0, 0.05) is 29.3 Å². The second kappa shape index (κ2) is 10.8. The molecule has 2 aromatic carbocycles. The molecule has 0 N–H and O–H groups in total. The van der Waals surface area contributed by atoms with Crippen molar-refractivity contribution in [3.63, 3.8) is 0 Å². The summed E-state index contributed by atoms with van der Waals surface area (Å²) in [6, 6.07) is 13.8. The van der Waals surface area contributed by atoms with Crippen LogP contribution in [0.2, 0.25) is 10.0 Å². The quantitative estimate of drug-likeness (QED) is 0.249. The Morgan fingerprint density at radius 3 is 2.68 bits per heavy atom. The highest BCUT2D eigenvalue weighted by atomic mass is 35.5. The molecule has 1 atom stereocenters. The molecule has 198 valence electrons. The van der Waals surface area contributed by atoms with Crippen LogP contribution < -0.4 is 4.74 Å². The predicted octanol–water partition coefficient (Wildman–Crippen LogP) is 6.62. The van der Waals surface area contributed by atoms with E-state index in [9.17, 15) is 9.18 Å². The van der Waals surface area contributed by atoms with E-state index in [2.05, 4.69) is 0 Å². The monoisotopic (exact) mass is 572 g/mol. The Bertz CT molecular complexity index is 1540. The minimum atomic E-state index is -0.315. The number of rotatable bonds is 7. The number of likely N-dealkylation sites (N-methyl/N-ethyl adjacent to an activating group) is 1. The van der Waals surface area contributed by atoms with Crippen LogP contribution in [-0.2, 0) is 0 Å². The number of imidazole rings is 1. The number of nitrogens with zero attached hydrogens (tertiary/aromatic N) is 4. The third-order valence-corrected chi connectivity index (χ3v) is 8.83. The van der Waals surface area contributed by atoms with Gasteiger partial charge in [-0.25, -0.2) is 9.37 Å². The minimum absolute atomic E-state index is 0.216. The van der Waals surface area contributed by atoms with Gasteiger partial charge < -0.3 is 14.5 Å². The van der Waals surface area contributed by atoms with Crippen molar-refractivity contribution in [1.29, 1.82) is 0 Å². The normalized spacial score (nSPS) is 14.8. The average molecular weight is 574 g/mol. The number of amides is 1. The Labute approximate surface area is 235 Å². The SMILES string of the molecule is COc1cccc2nc(C(=O)N(CCN(C)C)C3CSc4c3ccc(Cl)c4Cl)c(-c3ccc(F)c(C)c3)n12. The van der Waals surface area contributed by atoms with Crippen LogP contribution in [-0.4, -0.2) is 65.1 Å². The lowest BCUT2D eigenvalue weighted by Crippen LogP contribution is -2.40. The lowest BCUT2D eigenvalue weighted by atomic mass is 10.0. The van der Waals surface area contributed by atoms with Gasteiger partial charge in [-0.05, 0) is 68.5 Å². The van der Waals surface area contributed by atoms with E-state index in [1.165, 1.54) is 6.07 Å². The lowest BCUT2D eigenvalue weighted by Gasteiger charge is -2.30. The van der Waals surface area contributed by atoms with Crippen molar-refractivity contribution < 1.29 is 13.9 Å². The Morgan fingerprint density at radius 2 is 1.97 bits per heavy atom. The number of ether oxygens (including phenoxy) is 1. The number of pyridine rings is 1. The Morgan fingerprint density at radius 1 is 1.18 bits per heavy atom. The molecule has 0 bridgehead atoms. The van der Waals surface area contributed by atoms with E-state index >= 15 is 0 Å². The topological polar surface area (TPSA) is 50.1 Å². The fourth-order valence-corrected chi connectivity index (χ4v) is 6.58. The van der Waals surface area contributed by atoms with Gasteiger partial charge in [-0.2, -0.15) is 0 Å². The van der Waals surface area contributed by atoms with Crippen molar-refractivity contribution in [3.05, 3.63) is 81.2 Å². The van der Waals surface area contributed by atoms with Crippen LogP contribution in [0.25, 0.3) is 16.9 Å². The molecule has 1 aliphatic rings. The van der Waals surface area contributed by atoms with Gasteiger partial charge in [0.25, 0.3) is 5.91 Å². The van der Waals surface area contributed by atoms with Gasteiger partial charge in [-0.15, -0.1) is 11.8 Å². The van der Waals surface area contributed by atoms with Crippen LogP contribution in [0.1, 0.15) is 27.7 Å². The van der Waals surface area contributed by atoms with Gasteiger partial charge in [-0.1, -0.05) is 35.3 Å². The number of benzene rings is 2. The van der Waals surface area contributed by atoms with Crippen molar-refractivity contribution in [2.24, 2.45) is 0 Å². The maximum atomic E-state index is 14.5. The summed E-state index contributed by atoms with van der Waals surface area (Å²) in [5.41, 5.74) is 3.51. The Kier molecular flexibility index (Phi) is 7.60. The molecule has 1 amide bonds. The summed E-state index contributed by atoms with van der Waals surface area (Å²) >= 11 is 14.4. The van der Waals surface area contributed by atoms with E-state index in [1.807, 2.05) is 48.2 Å². The van der Waals surface area contributed by atoms with E-state index < -0.39 is 0 Å². The number of hydrogen-bond acceptors (Lipinski definition) is 5. The van der Waals surface area contributed by atoms with Crippen molar-refractivity contribution in [1.82, 2.24) is 19.2 Å². The van der Waals surface area contributed by atoms with E-state index in [-0.39, 0.29) is 23.5 Å². The van der Waals surface area contributed by atoms with Crippen LogP contribution in [0.4, 0.5) is 4.39 Å². The van der Waals surface area contributed by atoms with Gasteiger partial charge >= 0.3 is 0 Å². The molecule has 0 spiro atoms. The minimum Gasteiger partial charge on any atom is -0.482 e. The van der Waals surface area contributed by atoms with Crippen LogP contribution in [0, 0.1) is 12.7 Å². The lowest BCUT2D eigenvalue weighted by molar-refractivity contribution is 0.0677. The van der Waals surface area contributed by atoms with Crippen molar-refractivity contribution in [2.75, 3.05) is 40.0 Å². The number of fused-ring (bicyclic) bond motifs is 2. The summed E-state index contributed by atoms with van der Waals surface area (Å²) in [5.74, 6) is 0.634. The first kappa shape index (κ1) is 26.8. The highest BCUT2D eigenvalue weighted by molar-refractivity contribution is 7.99. The number of hydrogen-bond donors (Lipinski definition) is 0. The Balaban J connectivity index is 1.69. The number of carbonyl (C=O) groups is 1. The van der Waals surface area contributed by atoms with Gasteiger partial charge in [-0.3, -0.25) is 9.20 Å². The standard InChI is InChI=1S/C28H27Cl2FN4O2S/c1-16-14-17(8-11-20(16)31)26-25(32-22-6-5-7-23(37-4)35(22)26)28(36)34(13-12-33(2)3)21-15-38-27-18(21)9-10-19(29)24(27)30/h5-11,14,21H,12-13,15H2,1-4H3. The number of aromatic nitrogens is 2. The highest BCUT2D eigenvalue weighted by Crippen LogP contribution is 2.47. The largest absolute Gasteiger partial charge is 0.482 e. The van der Waals surface area contributed by atoms with Crippen LogP contribution in [0.15, 0.2) is 53.4 Å². The number of aryl methyl sites for hydroxylation is 1. The first-order valence-corrected chi connectivity index (χ1v) is 13.8. The molecule has 6 nitrogen and oxygen atoms in total. The molecule has 0 aliphatic carbocycles. The molecule has 3 heterocycles. The molecule has 1 aliphatic heterocycles. The maximum absolute atomic E-state index is 14.5. The van der Waals surface area contributed by atoms with Crippen molar-refractivity contribution in [3.8, 4) is 17.1 Å². The number of methoxy groups -OCH3 is 1. The number of carbonyl (C=O) groups excluding carboxylic acids is 1. The van der Waals surface area contributed by atoms with Crippen LogP contribution in [0.5, 0.6) is 5.88 Å². The molecular formula is C28H27Cl2FN4O2S. The summed E-state index contributed by atoms with van der Waals surface area (Å²) in [6.07, 6.45) is 0. The molecule has 2 aromatic heterocycles. The molecule has 0 radical (unpaired) electrons. The van der Waals surface area contributed by atoms with E-state index in [1.54, 1.807) is 48.4 Å². The molecule has 38 heavy (non-hydrogen) atoms. The van der Waals surface area contributed by atoms with E-state index in [0.717, 1.165) is 10.5 Å². The number of halogens is 3. The van der Waals surface area contributed by atoms with Crippen molar-refractivity contribution in [2.45, 2.75) is 17.9 Å². The summed E-state index contributed by atoms with van der Waals surface area (Å²) < 4.78 is 21.7. The first-order chi connectivity index (χ1) is 18.2. The van der Waals surface area contributed by atoms with Gasteiger partial charge in [0.05, 0.1) is 28.9 Å². The predicted molar refractivity (Wildman–Crippen MR) is 151 cm³/mol. The molecule has 4 aromatic rings. The van der Waals surface area contributed by atoms with E-state index in [0.29, 0.717) is 57.2 Å². The fraction of sp³-hybridized carbons (Fsp3) is 0.286. The molecule has 0 saturated carbocycles. The van der Waals surface area contributed by atoms with Crippen molar-refractivity contribution >= 4 is 46.5 Å². The summed E-state index contributed by atoms with van der Waals surface area (Å²) in [5, 5.41) is 1.00. The van der Waals surface area contributed by atoms with Gasteiger partial charge in [0.2, 0.25) is 0 Å². The zero-order chi connectivity index (χ0) is 27.1. The van der Waals surface area contributed by atoms with Gasteiger partial charge in [0.15, 0.2) is 11.6 Å². The summed E-state index contributed by atoms with van der Waals surface area (Å²) in [4.78, 5) is 24.1. The zero-order valence-corrected chi connectivity index (χ0v) is 23.8. The van der Waals surface area contributed by atoms with Crippen LogP contribution in [0.3, 0.4) is 0 Å². The summed E-state index contributed by atoms with van der Waals surface area (Å²) in [6.45, 7) is 2.83. The maximum Gasteiger partial charge on any atom is 0.275 e. The second-order valence-electron chi connectivity index (χ2n) is 9.44. The fourth-order valence-electron chi connectivity index (χ4n) is 4.74.